The number of carbonyl (C=O) groups is 4. The van der Waals surface area contributed by atoms with Crippen molar-refractivity contribution in [1.82, 2.24) is 0 Å². The fraction of sp³-hybridized carbons (Fsp3) is 0.152. The van der Waals surface area contributed by atoms with Crippen LogP contribution in [0.15, 0.2) is 84.9 Å². The van der Waals surface area contributed by atoms with Gasteiger partial charge in [0.05, 0.1) is 48.1 Å². The van der Waals surface area contributed by atoms with Gasteiger partial charge < -0.3 is 30.7 Å². The summed E-state index contributed by atoms with van der Waals surface area (Å²) in [5, 5.41) is 11.0. The molecule has 4 amide bonds. The van der Waals surface area contributed by atoms with Crippen molar-refractivity contribution in [2.24, 2.45) is 0 Å². The van der Waals surface area contributed by atoms with Crippen LogP contribution in [0.3, 0.4) is 0 Å². The van der Waals surface area contributed by atoms with Crippen molar-refractivity contribution in [2.45, 2.75) is 20.3 Å². The first-order chi connectivity index (χ1) is 20.7. The highest BCUT2D eigenvalue weighted by molar-refractivity contribution is 6.11. The molecule has 0 radical (unpaired) electrons. The Balaban J connectivity index is 1.49. The van der Waals surface area contributed by atoms with E-state index < -0.39 is 11.8 Å². The third kappa shape index (κ3) is 7.76. The number of nitrogens with one attached hydrogen (secondary N) is 4. The van der Waals surface area contributed by atoms with Gasteiger partial charge in [0.2, 0.25) is 11.8 Å². The molecule has 0 heterocycles. The lowest BCUT2D eigenvalue weighted by Crippen LogP contribution is -2.17. The van der Waals surface area contributed by atoms with Gasteiger partial charge in [-0.3, -0.25) is 19.2 Å². The summed E-state index contributed by atoms with van der Waals surface area (Å²) in [6.45, 7) is 2.76. The maximum absolute atomic E-state index is 13.0. The van der Waals surface area contributed by atoms with Crippen molar-refractivity contribution in [3.8, 4) is 11.5 Å². The van der Waals surface area contributed by atoms with Crippen molar-refractivity contribution < 1.29 is 28.7 Å². The molecular formula is C33H32N4O6. The van der Waals surface area contributed by atoms with Crippen LogP contribution < -0.4 is 30.7 Å². The van der Waals surface area contributed by atoms with Crippen LogP contribution >= 0.6 is 0 Å². The maximum atomic E-state index is 13.0. The van der Waals surface area contributed by atoms with E-state index in [2.05, 4.69) is 21.3 Å². The lowest BCUT2D eigenvalue weighted by Gasteiger charge is -2.15. The zero-order valence-corrected chi connectivity index (χ0v) is 24.2. The molecule has 0 aliphatic rings. The van der Waals surface area contributed by atoms with E-state index in [-0.39, 0.29) is 11.8 Å². The molecule has 0 aliphatic heterocycles. The maximum Gasteiger partial charge on any atom is 0.257 e. The standard InChI is InChI=1S/C33H32N4O6/c1-20(38)34-26-11-7-5-9-24(26)32(40)36-28-15-13-22(18-30(28)42-3)17-23-14-16-29(31(19-23)43-4)37-33(41)25-10-6-8-12-27(25)35-21(2)39/h5-16,18-19H,17H2,1-4H3,(H,34,38)(H,35,39)(H,36,40)(H,37,41). The highest BCUT2D eigenvalue weighted by Crippen LogP contribution is 2.31. The van der Waals surface area contributed by atoms with Crippen molar-refractivity contribution >= 4 is 46.4 Å². The van der Waals surface area contributed by atoms with E-state index >= 15 is 0 Å². The molecule has 4 aromatic carbocycles. The lowest BCUT2D eigenvalue weighted by atomic mass is 10.0. The monoisotopic (exact) mass is 580 g/mol. The third-order valence-electron chi connectivity index (χ3n) is 6.40. The van der Waals surface area contributed by atoms with E-state index in [0.717, 1.165) is 11.1 Å². The van der Waals surface area contributed by atoms with Crippen molar-refractivity contribution in [3.05, 3.63) is 107 Å². The molecule has 0 atom stereocenters. The predicted molar refractivity (Wildman–Crippen MR) is 166 cm³/mol. The lowest BCUT2D eigenvalue weighted by molar-refractivity contribution is -0.115. The Labute approximate surface area is 249 Å². The highest BCUT2D eigenvalue weighted by Gasteiger charge is 2.17. The normalized spacial score (nSPS) is 10.3. The summed E-state index contributed by atoms with van der Waals surface area (Å²) in [4.78, 5) is 49.1. The topological polar surface area (TPSA) is 135 Å². The van der Waals surface area contributed by atoms with Crippen LogP contribution in [0.1, 0.15) is 45.7 Å². The van der Waals surface area contributed by atoms with Crippen molar-refractivity contribution in [1.29, 1.82) is 0 Å². The number of benzene rings is 4. The molecule has 0 aromatic heterocycles. The highest BCUT2D eigenvalue weighted by atomic mass is 16.5. The second-order valence-corrected chi connectivity index (χ2v) is 9.61. The van der Waals surface area contributed by atoms with Gasteiger partial charge in [-0.05, 0) is 66.1 Å². The Morgan fingerprint density at radius 3 is 1.30 bits per heavy atom. The van der Waals surface area contributed by atoms with Gasteiger partial charge in [0.15, 0.2) is 0 Å². The molecule has 0 aliphatic carbocycles. The molecule has 0 saturated carbocycles. The van der Waals surface area contributed by atoms with Crippen LogP contribution in [0.5, 0.6) is 11.5 Å². The second kappa shape index (κ2) is 13.8. The van der Waals surface area contributed by atoms with Gasteiger partial charge in [-0.2, -0.15) is 0 Å². The van der Waals surface area contributed by atoms with Gasteiger partial charge in [0, 0.05) is 13.8 Å². The van der Waals surface area contributed by atoms with Gasteiger partial charge in [-0.15, -0.1) is 0 Å². The van der Waals surface area contributed by atoms with Gasteiger partial charge >= 0.3 is 0 Å². The van der Waals surface area contributed by atoms with E-state index in [9.17, 15) is 19.2 Å². The zero-order valence-electron chi connectivity index (χ0n) is 24.2. The second-order valence-electron chi connectivity index (χ2n) is 9.61. The Kier molecular flexibility index (Phi) is 9.74. The Bertz CT molecular complexity index is 1560. The molecule has 4 rings (SSSR count). The summed E-state index contributed by atoms with van der Waals surface area (Å²) in [5.41, 5.74) is 4.24. The number of methoxy groups -OCH3 is 2. The van der Waals surface area contributed by atoms with E-state index in [4.69, 9.17) is 9.47 Å². The first kappa shape index (κ1) is 30.3. The van der Waals surface area contributed by atoms with Crippen LogP contribution in [-0.4, -0.2) is 37.8 Å². The zero-order chi connectivity index (χ0) is 30.9. The largest absolute Gasteiger partial charge is 0.495 e. The number of para-hydroxylation sites is 2. The van der Waals surface area contributed by atoms with E-state index in [1.54, 1.807) is 60.7 Å². The molecule has 0 unspecified atom stereocenters. The number of amides is 4. The van der Waals surface area contributed by atoms with Crippen LogP contribution in [0, 0.1) is 0 Å². The first-order valence-corrected chi connectivity index (χ1v) is 13.4. The first-order valence-electron chi connectivity index (χ1n) is 13.4. The fourth-order valence-corrected chi connectivity index (χ4v) is 4.47. The SMILES string of the molecule is COc1cc(Cc2ccc(NC(=O)c3ccccc3NC(C)=O)c(OC)c2)ccc1NC(=O)c1ccccc1NC(C)=O. The van der Waals surface area contributed by atoms with Gasteiger partial charge in [-0.25, -0.2) is 0 Å². The molecule has 0 spiro atoms. The average Bonchev–Trinajstić information content (AvgIpc) is 2.98. The fourth-order valence-electron chi connectivity index (χ4n) is 4.47. The quantitative estimate of drug-likeness (QED) is 0.190. The van der Waals surface area contributed by atoms with Crippen LogP contribution in [0.2, 0.25) is 0 Å². The van der Waals surface area contributed by atoms with Gasteiger partial charge in [0.1, 0.15) is 11.5 Å². The van der Waals surface area contributed by atoms with Gasteiger partial charge in [0.25, 0.3) is 11.8 Å². The summed E-state index contributed by atoms with van der Waals surface area (Å²) in [6.07, 6.45) is 0.520. The van der Waals surface area contributed by atoms with E-state index in [1.165, 1.54) is 28.1 Å². The number of rotatable bonds is 10. The molecule has 220 valence electrons. The van der Waals surface area contributed by atoms with Crippen molar-refractivity contribution in [3.63, 3.8) is 0 Å². The number of hydrogen-bond donors (Lipinski definition) is 4. The molecule has 0 saturated heterocycles. The summed E-state index contributed by atoms with van der Waals surface area (Å²) < 4.78 is 11.1. The number of hydrogen-bond acceptors (Lipinski definition) is 6. The van der Waals surface area contributed by atoms with E-state index in [0.29, 0.717) is 51.8 Å². The smallest absolute Gasteiger partial charge is 0.257 e. The Hall–Kier alpha value is -5.64. The molecule has 43 heavy (non-hydrogen) atoms. The van der Waals surface area contributed by atoms with Crippen molar-refractivity contribution in [2.75, 3.05) is 35.5 Å². The molecular weight excluding hydrogens is 548 g/mol. The summed E-state index contributed by atoms with van der Waals surface area (Å²) in [5.74, 6) is -0.397. The predicted octanol–water partition coefficient (Wildman–Crippen LogP) is 5.72. The van der Waals surface area contributed by atoms with Crippen LogP contribution in [0.4, 0.5) is 22.7 Å². The average molecular weight is 581 g/mol. The van der Waals surface area contributed by atoms with Crippen LogP contribution in [-0.2, 0) is 16.0 Å². The molecule has 10 heteroatoms. The minimum atomic E-state index is -0.391. The molecule has 0 fully saturated rings. The molecule has 0 bridgehead atoms. The van der Waals surface area contributed by atoms with Gasteiger partial charge in [-0.1, -0.05) is 36.4 Å². The minimum Gasteiger partial charge on any atom is -0.495 e. The van der Waals surface area contributed by atoms with Crippen LogP contribution in [0.25, 0.3) is 0 Å². The summed E-state index contributed by atoms with van der Waals surface area (Å²) in [6, 6.07) is 24.4. The third-order valence-corrected chi connectivity index (χ3v) is 6.40. The Morgan fingerprint density at radius 1 is 0.535 bits per heavy atom. The number of ether oxygens (including phenoxy) is 2. The summed E-state index contributed by atoms with van der Waals surface area (Å²) >= 11 is 0. The molecule has 10 nitrogen and oxygen atoms in total. The Morgan fingerprint density at radius 2 is 0.930 bits per heavy atom. The number of anilines is 4. The summed E-state index contributed by atoms with van der Waals surface area (Å²) in [7, 11) is 3.04. The molecule has 4 N–H and O–H groups in total. The van der Waals surface area contributed by atoms with E-state index in [1.807, 2.05) is 24.3 Å². The number of carbonyl (C=O) groups excluding carboxylic acids is 4. The minimum absolute atomic E-state index is 0.276. The molecule has 4 aromatic rings.